The van der Waals surface area contributed by atoms with Crippen molar-refractivity contribution in [3.8, 4) is 5.75 Å². The summed E-state index contributed by atoms with van der Waals surface area (Å²) in [5, 5.41) is 0. The molecule has 0 aliphatic rings. The second-order valence-corrected chi connectivity index (χ2v) is 4.24. The fourth-order valence-corrected chi connectivity index (χ4v) is 1.48. The van der Waals surface area contributed by atoms with Crippen molar-refractivity contribution >= 4 is 11.7 Å². The number of carbonyl (C=O) groups is 1. The van der Waals surface area contributed by atoms with Gasteiger partial charge in [-0.25, -0.2) is 4.79 Å². The predicted molar refractivity (Wildman–Crippen MR) is 80.8 cm³/mol. The summed E-state index contributed by atoms with van der Waals surface area (Å²) in [6.45, 7) is 2.48. The number of methoxy groups -OCH3 is 1. The Kier molecular flexibility index (Phi) is 9.76. The standard InChI is InChI=1S/C15H23NO6/c1-18-15(17)12-21-9-8-19-6-7-20-10-11-22-14-5-3-2-4-13(14)16/h2-5H,6-12,16H2,1H3. The average Bonchev–Trinajstić information content (AvgIpc) is 2.53. The summed E-state index contributed by atoms with van der Waals surface area (Å²) in [7, 11) is 1.31. The van der Waals surface area contributed by atoms with E-state index in [0.29, 0.717) is 51.1 Å². The molecule has 1 rings (SSSR count). The summed E-state index contributed by atoms with van der Waals surface area (Å²) < 4.78 is 25.5. The van der Waals surface area contributed by atoms with E-state index in [9.17, 15) is 4.79 Å². The third kappa shape index (κ3) is 8.46. The molecule has 22 heavy (non-hydrogen) atoms. The van der Waals surface area contributed by atoms with Gasteiger partial charge in [-0.1, -0.05) is 12.1 Å². The molecule has 0 spiro atoms. The minimum absolute atomic E-state index is 0.0592. The van der Waals surface area contributed by atoms with Gasteiger partial charge in [0.05, 0.1) is 45.8 Å². The Morgan fingerprint density at radius 1 is 0.955 bits per heavy atom. The van der Waals surface area contributed by atoms with Crippen molar-refractivity contribution in [2.75, 3.05) is 59.1 Å². The second-order valence-electron chi connectivity index (χ2n) is 4.24. The van der Waals surface area contributed by atoms with Crippen LogP contribution in [0.2, 0.25) is 0 Å². The van der Waals surface area contributed by atoms with E-state index in [4.69, 9.17) is 24.7 Å². The number of benzene rings is 1. The highest BCUT2D eigenvalue weighted by Gasteiger charge is 1.99. The van der Waals surface area contributed by atoms with Crippen LogP contribution in [0.3, 0.4) is 0 Å². The van der Waals surface area contributed by atoms with E-state index < -0.39 is 5.97 Å². The van der Waals surface area contributed by atoms with E-state index in [1.807, 2.05) is 18.2 Å². The molecule has 0 heterocycles. The first-order chi connectivity index (χ1) is 10.7. The molecule has 0 unspecified atom stereocenters. The first-order valence-electron chi connectivity index (χ1n) is 7.01. The largest absolute Gasteiger partial charge is 0.489 e. The van der Waals surface area contributed by atoms with Crippen LogP contribution >= 0.6 is 0 Å². The van der Waals surface area contributed by atoms with Gasteiger partial charge >= 0.3 is 5.97 Å². The van der Waals surface area contributed by atoms with E-state index in [1.165, 1.54) is 7.11 Å². The van der Waals surface area contributed by atoms with Gasteiger partial charge in [0, 0.05) is 0 Å². The van der Waals surface area contributed by atoms with Crippen molar-refractivity contribution in [3.05, 3.63) is 24.3 Å². The maximum atomic E-state index is 10.7. The summed E-state index contributed by atoms with van der Waals surface area (Å²) in [4.78, 5) is 10.7. The molecule has 1 aromatic carbocycles. The van der Waals surface area contributed by atoms with Gasteiger partial charge in [0.2, 0.25) is 0 Å². The average molecular weight is 313 g/mol. The molecule has 124 valence electrons. The normalized spacial score (nSPS) is 10.4. The van der Waals surface area contributed by atoms with Crippen LogP contribution in [0.15, 0.2) is 24.3 Å². The van der Waals surface area contributed by atoms with Crippen molar-refractivity contribution < 1.29 is 28.5 Å². The van der Waals surface area contributed by atoms with Crippen LogP contribution < -0.4 is 10.5 Å². The van der Waals surface area contributed by atoms with Gasteiger partial charge in [0.15, 0.2) is 0 Å². The van der Waals surface area contributed by atoms with Gasteiger partial charge in [-0.05, 0) is 12.1 Å². The zero-order valence-corrected chi connectivity index (χ0v) is 12.8. The summed E-state index contributed by atoms with van der Waals surface area (Å²) in [5.41, 5.74) is 6.35. The number of anilines is 1. The maximum Gasteiger partial charge on any atom is 0.331 e. The zero-order chi connectivity index (χ0) is 16.0. The van der Waals surface area contributed by atoms with Crippen LogP contribution in [0.4, 0.5) is 5.69 Å². The molecule has 1 aromatic rings. The van der Waals surface area contributed by atoms with Crippen LogP contribution in [0.25, 0.3) is 0 Å². The number of nitrogen functional groups attached to an aromatic ring is 1. The lowest BCUT2D eigenvalue weighted by Crippen LogP contribution is -2.15. The first kappa shape index (κ1) is 18.2. The maximum absolute atomic E-state index is 10.7. The lowest BCUT2D eigenvalue weighted by Gasteiger charge is -2.09. The molecule has 0 aliphatic heterocycles. The number of ether oxygens (including phenoxy) is 5. The van der Waals surface area contributed by atoms with Gasteiger partial charge in [-0.2, -0.15) is 0 Å². The lowest BCUT2D eigenvalue weighted by molar-refractivity contribution is -0.146. The molecule has 0 bridgehead atoms. The molecule has 0 fully saturated rings. The smallest absolute Gasteiger partial charge is 0.331 e. The van der Waals surface area contributed by atoms with Crippen molar-refractivity contribution in [1.82, 2.24) is 0 Å². The molecule has 0 amide bonds. The van der Waals surface area contributed by atoms with Gasteiger partial charge in [0.25, 0.3) is 0 Å². The Morgan fingerprint density at radius 2 is 1.55 bits per heavy atom. The topological polar surface area (TPSA) is 89.2 Å². The Balaban J connectivity index is 1.86. The Morgan fingerprint density at radius 3 is 2.18 bits per heavy atom. The van der Waals surface area contributed by atoms with Gasteiger partial charge in [-0.3, -0.25) is 0 Å². The van der Waals surface area contributed by atoms with Crippen LogP contribution in [0.5, 0.6) is 5.75 Å². The van der Waals surface area contributed by atoms with Crippen LogP contribution in [0.1, 0.15) is 0 Å². The summed E-state index contributed by atoms with van der Waals surface area (Å²) in [5.74, 6) is 0.257. The first-order valence-corrected chi connectivity index (χ1v) is 7.01. The predicted octanol–water partition coefficient (Wildman–Crippen LogP) is 0.870. The van der Waals surface area contributed by atoms with Crippen LogP contribution in [0, 0.1) is 0 Å². The second kappa shape index (κ2) is 11.8. The van der Waals surface area contributed by atoms with Crippen molar-refractivity contribution in [2.24, 2.45) is 0 Å². The molecule has 7 nitrogen and oxygen atoms in total. The Hall–Kier alpha value is -1.83. The third-order valence-corrected chi connectivity index (χ3v) is 2.60. The highest BCUT2D eigenvalue weighted by atomic mass is 16.6. The number of rotatable bonds is 12. The molecule has 0 saturated carbocycles. The van der Waals surface area contributed by atoms with E-state index in [0.717, 1.165) is 0 Å². The molecule has 0 aromatic heterocycles. The van der Waals surface area contributed by atoms with E-state index >= 15 is 0 Å². The van der Waals surface area contributed by atoms with Crippen molar-refractivity contribution in [3.63, 3.8) is 0 Å². The Bertz CT molecular complexity index is 426. The molecule has 0 atom stereocenters. The van der Waals surface area contributed by atoms with E-state index in [2.05, 4.69) is 4.74 Å². The minimum atomic E-state index is -0.401. The number of esters is 1. The quantitative estimate of drug-likeness (QED) is 0.348. The number of hydrogen-bond donors (Lipinski definition) is 1. The van der Waals surface area contributed by atoms with Crippen molar-refractivity contribution in [2.45, 2.75) is 0 Å². The molecular weight excluding hydrogens is 290 g/mol. The highest BCUT2D eigenvalue weighted by Crippen LogP contribution is 2.19. The molecule has 0 radical (unpaired) electrons. The third-order valence-electron chi connectivity index (χ3n) is 2.60. The van der Waals surface area contributed by atoms with Crippen molar-refractivity contribution in [1.29, 1.82) is 0 Å². The summed E-state index contributed by atoms with van der Waals surface area (Å²) in [6, 6.07) is 7.31. The van der Waals surface area contributed by atoms with E-state index in [1.54, 1.807) is 6.07 Å². The summed E-state index contributed by atoms with van der Waals surface area (Å²) in [6.07, 6.45) is 0. The molecule has 2 N–H and O–H groups in total. The molecule has 0 saturated heterocycles. The van der Waals surface area contributed by atoms with Gasteiger partial charge < -0.3 is 29.4 Å². The fourth-order valence-electron chi connectivity index (χ4n) is 1.48. The van der Waals surface area contributed by atoms with Gasteiger partial charge in [-0.15, -0.1) is 0 Å². The molecular formula is C15H23NO6. The fraction of sp³-hybridized carbons (Fsp3) is 0.533. The summed E-state index contributed by atoms with van der Waals surface area (Å²) >= 11 is 0. The lowest BCUT2D eigenvalue weighted by atomic mass is 10.3. The number of hydrogen-bond acceptors (Lipinski definition) is 7. The molecule has 0 aliphatic carbocycles. The molecule has 7 heteroatoms. The van der Waals surface area contributed by atoms with Crippen LogP contribution in [-0.4, -0.2) is 59.3 Å². The number of para-hydroxylation sites is 2. The number of carbonyl (C=O) groups excluding carboxylic acids is 1. The SMILES string of the molecule is COC(=O)COCCOCCOCCOc1ccccc1N. The van der Waals surface area contributed by atoms with Gasteiger partial charge in [0.1, 0.15) is 19.0 Å². The number of nitrogens with two attached hydrogens (primary N) is 1. The Labute approximate surface area is 130 Å². The van der Waals surface area contributed by atoms with E-state index in [-0.39, 0.29) is 6.61 Å². The van der Waals surface area contributed by atoms with Crippen LogP contribution in [-0.2, 0) is 23.7 Å². The highest BCUT2D eigenvalue weighted by molar-refractivity contribution is 5.70. The monoisotopic (exact) mass is 313 g/mol. The zero-order valence-electron chi connectivity index (χ0n) is 12.8. The minimum Gasteiger partial charge on any atom is -0.489 e.